The molecule has 2 rings (SSSR count). The molecule has 4 heteroatoms. The lowest BCUT2D eigenvalue weighted by Gasteiger charge is -2.17. The summed E-state index contributed by atoms with van der Waals surface area (Å²) in [6.45, 7) is 0.500. The molecule has 0 saturated carbocycles. The fourth-order valence-electron chi connectivity index (χ4n) is 1.90. The molecule has 0 heterocycles. The second kappa shape index (κ2) is 5.54. The van der Waals surface area contributed by atoms with E-state index < -0.39 is 0 Å². The largest absolute Gasteiger partial charge is 0.502 e. The Kier molecular flexibility index (Phi) is 3.82. The molecule has 0 aliphatic heterocycles. The van der Waals surface area contributed by atoms with E-state index in [4.69, 9.17) is 0 Å². The number of para-hydroxylation sites is 1. The van der Waals surface area contributed by atoms with Crippen molar-refractivity contribution >= 4 is 11.6 Å². The molecule has 0 atom stereocenters. The predicted molar refractivity (Wildman–Crippen MR) is 72.9 cm³/mol. The van der Waals surface area contributed by atoms with Gasteiger partial charge in [-0.05, 0) is 11.6 Å². The quantitative estimate of drug-likeness (QED) is 0.875. The zero-order valence-corrected chi connectivity index (χ0v) is 10.8. The van der Waals surface area contributed by atoms with Crippen LogP contribution in [0.2, 0.25) is 0 Å². The number of benzene rings is 2. The highest BCUT2D eigenvalue weighted by Gasteiger charge is 2.18. The minimum atomic E-state index is -0.216. The maximum absolute atomic E-state index is 12.3. The number of carbonyl (C=O) groups is 1. The van der Waals surface area contributed by atoms with E-state index >= 15 is 0 Å². The zero-order chi connectivity index (χ0) is 13.8. The fourth-order valence-corrected chi connectivity index (χ4v) is 1.90. The molecular formula is C15H17N2O2+. The van der Waals surface area contributed by atoms with E-state index in [-0.39, 0.29) is 17.2 Å². The maximum atomic E-state index is 12.3. The Balaban J connectivity index is 2.18. The number of carbonyl (C=O) groups excluding carboxylic acids is 1. The van der Waals surface area contributed by atoms with E-state index in [1.807, 2.05) is 30.3 Å². The van der Waals surface area contributed by atoms with Crippen molar-refractivity contribution in [3.63, 3.8) is 0 Å². The average molecular weight is 257 g/mol. The molecule has 0 aliphatic carbocycles. The van der Waals surface area contributed by atoms with Crippen LogP contribution in [0.1, 0.15) is 15.9 Å². The maximum Gasteiger partial charge on any atom is 0.257 e. The van der Waals surface area contributed by atoms with Gasteiger partial charge in [0.1, 0.15) is 0 Å². The number of amides is 1. The van der Waals surface area contributed by atoms with Gasteiger partial charge in [0.15, 0.2) is 11.4 Å². The smallest absolute Gasteiger partial charge is 0.257 e. The van der Waals surface area contributed by atoms with E-state index in [0.717, 1.165) is 5.56 Å². The van der Waals surface area contributed by atoms with Crippen molar-refractivity contribution < 1.29 is 15.6 Å². The van der Waals surface area contributed by atoms with Crippen molar-refractivity contribution in [1.82, 2.24) is 4.90 Å². The normalized spacial score (nSPS) is 10.2. The molecule has 0 fully saturated rings. The minimum Gasteiger partial charge on any atom is -0.502 e. The minimum absolute atomic E-state index is 0.0487. The summed E-state index contributed by atoms with van der Waals surface area (Å²) in [5.41, 5.74) is 5.47. The summed E-state index contributed by atoms with van der Waals surface area (Å²) in [5.74, 6) is -0.265. The van der Waals surface area contributed by atoms with Crippen LogP contribution >= 0.6 is 0 Å². The van der Waals surface area contributed by atoms with E-state index in [1.54, 1.807) is 30.1 Å². The van der Waals surface area contributed by atoms with Crippen LogP contribution in [0.4, 0.5) is 5.69 Å². The van der Waals surface area contributed by atoms with Gasteiger partial charge < -0.3 is 15.7 Å². The molecule has 1 amide bonds. The van der Waals surface area contributed by atoms with Gasteiger partial charge in [-0.2, -0.15) is 0 Å². The third-order valence-electron chi connectivity index (χ3n) is 2.96. The summed E-state index contributed by atoms with van der Waals surface area (Å²) in [5, 5.41) is 9.87. The summed E-state index contributed by atoms with van der Waals surface area (Å²) in [6, 6.07) is 14.7. The standard InChI is InChI=1S/C15H16N2O2/c1-17(10-11-6-3-2-4-7-11)15(19)12-8-5-9-13(16)14(12)18/h2-9,18H,10,16H2,1H3/p+1. The molecule has 0 bridgehead atoms. The van der Waals surface area contributed by atoms with Crippen molar-refractivity contribution in [2.24, 2.45) is 0 Å². The Morgan fingerprint density at radius 1 is 1.16 bits per heavy atom. The van der Waals surface area contributed by atoms with Gasteiger partial charge >= 0.3 is 0 Å². The van der Waals surface area contributed by atoms with Crippen LogP contribution < -0.4 is 5.73 Å². The molecule has 0 aliphatic rings. The van der Waals surface area contributed by atoms with Crippen LogP contribution in [0.25, 0.3) is 0 Å². The van der Waals surface area contributed by atoms with Crippen molar-refractivity contribution in [1.29, 1.82) is 0 Å². The summed E-state index contributed by atoms with van der Waals surface area (Å²) in [6.07, 6.45) is 0. The Hall–Kier alpha value is -2.33. The summed E-state index contributed by atoms with van der Waals surface area (Å²) < 4.78 is 0. The van der Waals surface area contributed by atoms with Crippen LogP contribution in [0.5, 0.6) is 5.75 Å². The molecule has 0 aromatic heterocycles. The fraction of sp³-hybridized carbons (Fsp3) is 0.133. The molecule has 0 unspecified atom stereocenters. The van der Waals surface area contributed by atoms with Gasteiger partial charge in [0.05, 0.1) is 5.56 Å². The molecular weight excluding hydrogens is 240 g/mol. The Morgan fingerprint density at radius 3 is 2.53 bits per heavy atom. The molecule has 4 N–H and O–H groups in total. The average Bonchev–Trinajstić information content (AvgIpc) is 2.42. The van der Waals surface area contributed by atoms with Crippen LogP contribution in [0.3, 0.4) is 0 Å². The van der Waals surface area contributed by atoms with Crippen molar-refractivity contribution in [2.75, 3.05) is 7.05 Å². The van der Waals surface area contributed by atoms with Crippen LogP contribution in [-0.2, 0) is 6.54 Å². The molecule has 0 radical (unpaired) electrons. The van der Waals surface area contributed by atoms with Crippen LogP contribution in [0.15, 0.2) is 48.5 Å². The summed E-state index contributed by atoms with van der Waals surface area (Å²) in [7, 11) is 1.71. The molecule has 4 nitrogen and oxygen atoms in total. The van der Waals surface area contributed by atoms with Gasteiger partial charge in [0.25, 0.3) is 5.91 Å². The molecule has 0 spiro atoms. The highest BCUT2D eigenvalue weighted by atomic mass is 16.3. The highest BCUT2D eigenvalue weighted by molar-refractivity contribution is 5.97. The van der Waals surface area contributed by atoms with Crippen LogP contribution in [0, 0.1) is 0 Å². The Bertz CT molecular complexity index is 582. The lowest BCUT2D eigenvalue weighted by molar-refractivity contribution is -0.256. The lowest BCUT2D eigenvalue weighted by Crippen LogP contribution is -2.40. The van der Waals surface area contributed by atoms with Gasteiger partial charge in [-0.25, -0.2) is 0 Å². The first-order valence-electron chi connectivity index (χ1n) is 6.03. The SMILES string of the molecule is CN(Cc1ccccc1)C(=O)c1cccc([NH3+])c1O. The van der Waals surface area contributed by atoms with Gasteiger partial charge in [0, 0.05) is 19.7 Å². The summed E-state index contributed by atoms with van der Waals surface area (Å²) >= 11 is 0. The zero-order valence-electron chi connectivity index (χ0n) is 10.8. The third-order valence-corrected chi connectivity index (χ3v) is 2.96. The van der Waals surface area contributed by atoms with Gasteiger partial charge in [-0.15, -0.1) is 0 Å². The molecule has 2 aromatic rings. The van der Waals surface area contributed by atoms with E-state index in [2.05, 4.69) is 5.73 Å². The second-order valence-electron chi connectivity index (χ2n) is 4.46. The summed E-state index contributed by atoms with van der Waals surface area (Å²) in [4.78, 5) is 13.8. The molecule has 98 valence electrons. The number of aromatic hydroxyl groups is 1. The van der Waals surface area contributed by atoms with Gasteiger partial charge in [0.2, 0.25) is 0 Å². The third kappa shape index (κ3) is 2.92. The number of hydrogen-bond donors (Lipinski definition) is 2. The highest BCUT2D eigenvalue weighted by Crippen LogP contribution is 2.24. The second-order valence-corrected chi connectivity index (χ2v) is 4.46. The van der Waals surface area contributed by atoms with Crippen molar-refractivity contribution in [3.05, 3.63) is 59.7 Å². The lowest BCUT2D eigenvalue weighted by atomic mass is 10.1. The first kappa shape index (κ1) is 13.1. The van der Waals surface area contributed by atoms with Crippen molar-refractivity contribution in [3.8, 4) is 5.75 Å². The Morgan fingerprint density at radius 2 is 1.84 bits per heavy atom. The predicted octanol–water partition coefficient (Wildman–Crippen LogP) is 1.54. The number of hydrogen-bond acceptors (Lipinski definition) is 2. The number of quaternary nitrogens is 1. The Labute approximate surface area is 112 Å². The number of nitrogens with zero attached hydrogens (tertiary/aromatic N) is 1. The topological polar surface area (TPSA) is 68.2 Å². The first-order valence-corrected chi connectivity index (χ1v) is 6.03. The monoisotopic (exact) mass is 257 g/mol. The van der Waals surface area contributed by atoms with Crippen LogP contribution in [-0.4, -0.2) is 23.0 Å². The van der Waals surface area contributed by atoms with Gasteiger partial charge in [-0.3, -0.25) is 4.79 Å². The number of phenolic OH excluding ortho intramolecular Hbond substituents is 1. The first-order chi connectivity index (χ1) is 9.09. The van der Waals surface area contributed by atoms with Crippen molar-refractivity contribution in [2.45, 2.75) is 6.54 Å². The molecule has 0 saturated heterocycles. The van der Waals surface area contributed by atoms with E-state index in [1.165, 1.54) is 0 Å². The molecule has 2 aromatic carbocycles. The van der Waals surface area contributed by atoms with E-state index in [0.29, 0.717) is 12.2 Å². The van der Waals surface area contributed by atoms with E-state index in [9.17, 15) is 9.90 Å². The van der Waals surface area contributed by atoms with Gasteiger partial charge in [-0.1, -0.05) is 36.4 Å². The number of phenols is 1. The molecule has 19 heavy (non-hydrogen) atoms. The number of rotatable bonds is 3.